The number of rotatable bonds is 8. The van der Waals surface area contributed by atoms with Crippen LogP contribution in [0.15, 0.2) is 53.5 Å². The number of aryl methyl sites for hydroxylation is 1. The Morgan fingerprint density at radius 2 is 1.59 bits per heavy atom. The Labute approximate surface area is 166 Å². The third kappa shape index (κ3) is 6.61. The van der Waals surface area contributed by atoms with Crippen molar-refractivity contribution in [1.29, 1.82) is 0 Å². The van der Waals surface area contributed by atoms with Crippen LogP contribution in [0.5, 0.6) is 0 Å². The van der Waals surface area contributed by atoms with Gasteiger partial charge in [0.1, 0.15) is 0 Å². The Morgan fingerprint density at radius 1 is 0.926 bits per heavy atom. The highest BCUT2D eigenvalue weighted by atomic mass is 35.5. The molecule has 0 saturated heterocycles. The van der Waals surface area contributed by atoms with Gasteiger partial charge >= 0.3 is 0 Å². The maximum Gasteiger partial charge on any atom is 0.252 e. The molecule has 6 heteroatoms. The summed E-state index contributed by atoms with van der Waals surface area (Å²) in [4.78, 5) is 16.8. The van der Waals surface area contributed by atoms with E-state index in [0.29, 0.717) is 30.2 Å². The van der Waals surface area contributed by atoms with Gasteiger partial charge in [0.2, 0.25) is 0 Å². The van der Waals surface area contributed by atoms with E-state index in [0.717, 1.165) is 18.9 Å². The molecule has 2 rings (SSSR count). The standard InChI is InChI=1S/C21H27ClN4O/c1-3-16-9-5-6-10-17(16)15-26-21(23-4-2)25-14-13-24-20(27)18-11-7-8-12-19(18)22/h5-12H,3-4,13-15H2,1-2H3,(H,24,27)(H2,23,25,26). The van der Waals surface area contributed by atoms with Crippen LogP contribution in [0.2, 0.25) is 5.02 Å². The van der Waals surface area contributed by atoms with E-state index in [1.54, 1.807) is 24.3 Å². The Bertz CT molecular complexity index is 776. The molecule has 5 nitrogen and oxygen atoms in total. The summed E-state index contributed by atoms with van der Waals surface area (Å²) in [5.74, 6) is 0.552. The lowest BCUT2D eigenvalue weighted by Crippen LogP contribution is -2.41. The smallest absolute Gasteiger partial charge is 0.252 e. The predicted octanol–water partition coefficient (Wildman–Crippen LogP) is 3.39. The van der Waals surface area contributed by atoms with E-state index in [1.165, 1.54) is 11.1 Å². The summed E-state index contributed by atoms with van der Waals surface area (Å²) < 4.78 is 0. The van der Waals surface area contributed by atoms with Crippen LogP contribution in [0.4, 0.5) is 0 Å². The van der Waals surface area contributed by atoms with Crippen LogP contribution in [-0.4, -0.2) is 31.5 Å². The fraction of sp³-hybridized carbons (Fsp3) is 0.333. The third-order valence-corrected chi connectivity index (χ3v) is 4.40. The van der Waals surface area contributed by atoms with Crippen molar-refractivity contribution in [1.82, 2.24) is 16.0 Å². The van der Waals surface area contributed by atoms with Gasteiger partial charge in [0, 0.05) is 19.6 Å². The maximum atomic E-state index is 12.1. The van der Waals surface area contributed by atoms with Gasteiger partial charge in [0.15, 0.2) is 5.96 Å². The first-order valence-corrected chi connectivity index (χ1v) is 9.65. The molecule has 0 aliphatic carbocycles. The summed E-state index contributed by atoms with van der Waals surface area (Å²) in [6.07, 6.45) is 0.990. The van der Waals surface area contributed by atoms with Crippen molar-refractivity contribution in [2.45, 2.75) is 26.8 Å². The van der Waals surface area contributed by atoms with Gasteiger partial charge in [-0.15, -0.1) is 0 Å². The minimum Gasteiger partial charge on any atom is -0.357 e. The fourth-order valence-electron chi connectivity index (χ4n) is 2.66. The van der Waals surface area contributed by atoms with E-state index < -0.39 is 0 Å². The highest BCUT2D eigenvalue weighted by Crippen LogP contribution is 2.14. The second-order valence-corrected chi connectivity index (χ2v) is 6.39. The SMILES string of the molecule is CCNC(=NCc1ccccc1CC)NCCNC(=O)c1ccccc1Cl. The second kappa shape index (κ2) is 11.2. The zero-order valence-electron chi connectivity index (χ0n) is 15.9. The van der Waals surface area contributed by atoms with Gasteiger partial charge in [0.25, 0.3) is 5.91 Å². The van der Waals surface area contributed by atoms with Crippen molar-refractivity contribution >= 4 is 23.5 Å². The largest absolute Gasteiger partial charge is 0.357 e. The molecule has 0 aliphatic rings. The Morgan fingerprint density at radius 3 is 2.30 bits per heavy atom. The lowest BCUT2D eigenvalue weighted by atomic mass is 10.1. The number of amides is 1. The van der Waals surface area contributed by atoms with Crippen LogP contribution in [0.25, 0.3) is 0 Å². The van der Waals surface area contributed by atoms with E-state index in [9.17, 15) is 4.79 Å². The van der Waals surface area contributed by atoms with E-state index in [4.69, 9.17) is 11.6 Å². The molecule has 0 aromatic heterocycles. The summed E-state index contributed by atoms with van der Waals surface area (Å²) in [5.41, 5.74) is 3.02. The molecular formula is C21H27ClN4O. The van der Waals surface area contributed by atoms with Crippen molar-refractivity contribution in [3.63, 3.8) is 0 Å². The quantitative estimate of drug-likeness (QED) is 0.370. The van der Waals surface area contributed by atoms with Crippen molar-refractivity contribution < 1.29 is 4.79 Å². The van der Waals surface area contributed by atoms with E-state index >= 15 is 0 Å². The molecule has 0 atom stereocenters. The first-order chi connectivity index (χ1) is 13.2. The topological polar surface area (TPSA) is 65.5 Å². The number of halogens is 1. The van der Waals surface area contributed by atoms with E-state index in [-0.39, 0.29) is 5.91 Å². The fourth-order valence-corrected chi connectivity index (χ4v) is 2.88. The second-order valence-electron chi connectivity index (χ2n) is 5.98. The molecule has 144 valence electrons. The van der Waals surface area contributed by atoms with Crippen molar-refractivity contribution in [3.05, 3.63) is 70.2 Å². The van der Waals surface area contributed by atoms with Crippen LogP contribution in [0, 0.1) is 0 Å². The molecule has 2 aromatic carbocycles. The molecule has 27 heavy (non-hydrogen) atoms. The van der Waals surface area contributed by atoms with Gasteiger partial charge in [-0.3, -0.25) is 4.79 Å². The summed E-state index contributed by atoms with van der Waals surface area (Å²) in [7, 11) is 0. The highest BCUT2D eigenvalue weighted by molar-refractivity contribution is 6.33. The predicted molar refractivity (Wildman–Crippen MR) is 112 cm³/mol. The normalized spacial score (nSPS) is 11.1. The van der Waals surface area contributed by atoms with Crippen molar-refractivity contribution in [2.24, 2.45) is 4.99 Å². The summed E-state index contributed by atoms with van der Waals surface area (Å²) >= 11 is 6.04. The number of benzene rings is 2. The molecule has 0 heterocycles. The number of guanidine groups is 1. The number of nitrogens with one attached hydrogen (secondary N) is 3. The molecule has 0 bridgehead atoms. The van der Waals surface area contributed by atoms with E-state index in [1.807, 2.05) is 13.0 Å². The molecular weight excluding hydrogens is 360 g/mol. The van der Waals surface area contributed by atoms with Gasteiger partial charge in [0.05, 0.1) is 17.1 Å². The molecule has 2 aromatic rings. The number of hydrogen-bond acceptors (Lipinski definition) is 2. The first-order valence-electron chi connectivity index (χ1n) is 9.27. The summed E-state index contributed by atoms with van der Waals surface area (Å²) in [6.45, 7) is 6.60. The van der Waals surface area contributed by atoms with Gasteiger partial charge < -0.3 is 16.0 Å². The zero-order valence-corrected chi connectivity index (χ0v) is 16.6. The Kier molecular flexibility index (Phi) is 8.65. The molecule has 0 radical (unpaired) electrons. The van der Waals surface area contributed by atoms with Crippen LogP contribution in [0.3, 0.4) is 0 Å². The summed E-state index contributed by atoms with van der Waals surface area (Å²) in [6, 6.07) is 15.3. The monoisotopic (exact) mass is 386 g/mol. The minimum atomic E-state index is -0.179. The average Bonchev–Trinajstić information content (AvgIpc) is 2.69. The van der Waals surface area contributed by atoms with Gasteiger partial charge in [-0.2, -0.15) is 0 Å². The lowest BCUT2D eigenvalue weighted by molar-refractivity contribution is 0.0954. The van der Waals surface area contributed by atoms with Crippen LogP contribution in [-0.2, 0) is 13.0 Å². The molecule has 0 fully saturated rings. The van der Waals surface area contributed by atoms with Gasteiger partial charge in [-0.25, -0.2) is 4.99 Å². The Balaban J connectivity index is 1.85. The number of carbonyl (C=O) groups excluding carboxylic acids is 1. The summed E-state index contributed by atoms with van der Waals surface area (Å²) in [5, 5.41) is 9.78. The number of carbonyl (C=O) groups is 1. The highest BCUT2D eigenvalue weighted by Gasteiger charge is 2.08. The van der Waals surface area contributed by atoms with Gasteiger partial charge in [-0.1, -0.05) is 54.9 Å². The zero-order chi connectivity index (χ0) is 19.5. The molecule has 0 spiro atoms. The number of nitrogens with zero attached hydrogens (tertiary/aromatic N) is 1. The lowest BCUT2D eigenvalue weighted by Gasteiger charge is -2.13. The van der Waals surface area contributed by atoms with Crippen LogP contribution >= 0.6 is 11.6 Å². The molecule has 0 aliphatic heterocycles. The average molecular weight is 387 g/mol. The van der Waals surface area contributed by atoms with Crippen LogP contribution < -0.4 is 16.0 Å². The van der Waals surface area contributed by atoms with Crippen molar-refractivity contribution in [3.8, 4) is 0 Å². The Hall–Kier alpha value is -2.53. The van der Waals surface area contributed by atoms with Crippen molar-refractivity contribution in [2.75, 3.05) is 19.6 Å². The number of hydrogen-bond donors (Lipinski definition) is 3. The van der Waals surface area contributed by atoms with E-state index in [2.05, 4.69) is 46.1 Å². The molecule has 3 N–H and O–H groups in total. The molecule has 0 saturated carbocycles. The third-order valence-electron chi connectivity index (χ3n) is 4.07. The number of aliphatic imine (C=N–C) groups is 1. The molecule has 0 unspecified atom stereocenters. The van der Waals surface area contributed by atoms with Crippen LogP contribution in [0.1, 0.15) is 35.3 Å². The molecule has 1 amide bonds. The van der Waals surface area contributed by atoms with Gasteiger partial charge in [-0.05, 0) is 36.6 Å². The first kappa shape index (κ1) is 20.8. The maximum absolute atomic E-state index is 12.1. The minimum absolute atomic E-state index is 0.179.